The third-order valence-electron chi connectivity index (χ3n) is 13.7. The number of hydrogen-bond donors (Lipinski definition) is 0. The van der Waals surface area contributed by atoms with E-state index in [9.17, 15) is 0 Å². The summed E-state index contributed by atoms with van der Waals surface area (Å²) < 4.78 is 0. The third-order valence-corrected chi connectivity index (χ3v) is 13.7. The lowest BCUT2D eigenvalue weighted by Crippen LogP contribution is -2.28. The molecule has 0 atom stereocenters. The minimum absolute atomic E-state index is 0.446. The van der Waals surface area contributed by atoms with Crippen LogP contribution in [0, 0.1) is 0 Å². The van der Waals surface area contributed by atoms with Crippen LogP contribution in [0.1, 0.15) is 22.3 Å². The molecule has 0 saturated heterocycles. The van der Waals surface area contributed by atoms with Gasteiger partial charge < -0.3 is 0 Å². The predicted octanol–water partition coefficient (Wildman–Crippen LogP) is 16.1. The molecule has 10 aromatic carbocycles. The van der Waals surface area contributed by atoms with Gasteiger partial charge in [0.1, 0.15) is 0 Å². The van der Waals surface area contributed by atoms with Crippen LogP contribution in [0.15, 0.2) is 243 Å². The summed E-state index contributed by atoms with van der Waals surface area (Å²) in [7, 11) is 0. The molecule has 13 rings (SSSR count). The van der Waals surface area contributed by atoms with Crippen molar-refractivity contribution < 1.29 is 0 Å². The molecule has 0 saturated carbocycles. The topological polar surface area (TPSA) is 25.8 Å². The van der Waals surface area contributed by atoms with E-state index in [2.05, 4.69) is 237 Å². The van der Waals surface area contributed by atoms with Crippen molar-refractivity contribution in [1.29, 1.82) is 0 Å². The molecular formula is C63H40N2. The lowest BCUT2D eigenvalue weighted by Gasteiger charge is -2.34. The highest BCUT2D eigenvalue weighted by Gasteiger charge is 2.46. The Hall–Kier alpha value is -8.46. The number of aromatic nitrogens is 2. The molecule has 0 N–H and O–H groups in total. The largest absolute Gasteiger partial charge is 0.245 e. The standard InChI is InChI=1S/C63H40N2/c1-4-16-42(17-5-1)57-38-35-44-32-33-45-36-39-58(65-62(45)61(44)64-57)60-53-25-12-10-23-51(53)59(52-24-11-13-26-54(52)60)43-30-28-41(29-31-43)46-34-37-50-49-22-14-15-27-55(49)63(56(50)40-46,47-18-6-2-7-19-47)48-20-8-3-9-21-48/h1-40H. The lowest BCUT2D eigenvalue weighted by atomic mass is 9.67. The van der Waals surface area contributed by atoms with Gasteiger partial charge in [-0.05, 0) is 95.4 Å². The molecule has 1 aliphatic carbocycles. The molecule has 0 amide bonds. The van der Waals surface area contributed by atoms with Crippen molar-refractivity contribution in [3.63, 3.8) is 0 Å². The first-order valence-corrected chi connectivity index (χ1v) is 22.4. The van der Waals surface area contributed by atoms with Gasteiger partial charge in [0.2, 0.25) is 0 Å². The quantitative estimate of drug-likeness (QED) is 0.123. The number of pyridine rings is 2. The fraction of sp³-hybridized carbons (Fsp3) is 0.0159. The Bertz CT molecular complexity index is 3700. The van der Waals surface area contributed by atoms with Crippen LogP contribution in [-0.2, 0) is 5.41 Å². The van der Waals surface area contributed by atoms with Crippen LogP contribution in [-0.4, -0.2) is 9.97 Å². The van der Waals surface area contributed by atoms with Crippen LogP contribution in [0.4, 0.5) is 0 Å². The molecule has 2 aromatic heterocycles. The van der Waals surface area contributed by atoms with Gasteiger partial charge in [-0.3, -0.25) is 0 Å². The Kier molecular flexibility index (Phi) is 8.47. The molecule has 2 nitrogen and oxygen atoms in total. The summed E-state index contributed by atoms with van der Waals surface area (Å²) in [5, 5.41) is 6.89. The van der Waals surface area contributed by atoms with E-state index in [0.717, 1.165) is 44.3 Å². The average Bonchev–Trinajstić information content (AvgIpc) is 3.69. The van der Waals surface area contributed by atoms with Crippen molar-refractivity contribution in [3.05, 3.63) is 265 Å². The summed E-state index contributed by atoms with van der Waals surface area (Å²) in [5.41, 5.74) is 18.0. The summed E-state index contributed by atoms with van der Waals surface area (Å²) in [6, 6.07) is 88.3. The Morgan fingerprint density at radius 1 is 0.277 bits per heavy atom. The second kappa shape index (κ2) is 14.8. The van der Waals surface area contributed by atoms with Crippen LogP contribution in [0.2, 0.25) is 0 Å². The highest BCUT2D eigenvalue weighted by atomic mass is 14.8. The minimum atomic E-state index is -0.446. The van der Waals surface area contributed by atoms with E-state index in [4.69, 9.17) is 9.97 Å². The zero-order valence-corrected chi connectivity index (χ0v) is 35.5. The Morgan fingerprint density at radius 2 is 0.723 bits per heavy atom. The Morgan fingerprint density at radius 3 is 1.34 bits per heavy atom. The van der Waals surface area contributed by atoms with Gasteiger partial charge in [0, 0.05) is 21.9 Å². The second-order valence-electron chi connectivity index (χ2n) is 17.2. The highest BCUT2D eigenvalue weighted by Crippen LogP contribution is 2.57. The van der Waals surface area contributed by atoms with Crippen LogP contribution in [0.25, 0.3) is 99.2 Å². The first-order valence-electron chi connectivity index (χ1n) is 22.4. The van der Waals surface area contributed by atoms with Crippen molar-refractivity contribution in [2.45, 2.75) is 5.41 Å². The summed E-state index contributed by atoms with van der Waals surface area (Å²) in [6.07, 6.45) is 0. The molecule has 0 radical (unpaired) electrons. The zero-order chi connectivity index (χ0) is 42.9. The number of benzene rings is 10. The lowest BCUT2D eigenvalue weighted by molar-refractivity contribution is 0.769. The average molecular weight is 825 g/mol. The van der Waals surface area contributed by atoms with Crippen LogP contribution < -0.4 is 0 Å². The van der Waals surface area contributed by atoms with Gasteiger partial charge in [0.15, 0.2) is 0 Å². The van der Waals surface area contributed by atoms with E-state index in [1.54, 1.807) is 0 Å². The van der Waals surface area contributed by atoms with Crippen molar-refractivity contribution in [1.82, 2.24) is 9.97 Å². The van der Waals surface area contributed by atoms with E-state index < -0.39 is 5.41 Å². The fourth-order valence-electron chi connectivity index (χ4n) is 10.8. The molecule has 302 valence electrons. The van der Waals surface area contributed by atoms with Gasteiger partial charge in [0.25, 0.3) is 0 Å². The van der Waals surface area contributed by atoms with Crippen molar-refractivity contribution in [3.8, 4) is 55.9 Å². The predicted molar refractivity (Wildman–Crippen MR) is 271 cm³/mol. The van der Waals surface area contributed by atoms with Gasteiger partial charge in [-0.15, -0.1) is 0 Å². The van der Waals surface area contributed by atoms with E-state index in [-0.39, 0.29) is 0 Å². The van der Waals surface area contributed by atoms with Gasteiger partial charge in [-0.25, -0.2) is 9.97 Å². The monoisotopic (exact) mass is 824 g/mol. The van der Waals surface area contributed by atoms with Crippen molar-refractivity contribution in [2.24, 2.45) is 0 Å². The van der Waals surface area contributed by atoms with E-state index >= 15 is 0 Å². The summed E-state index contributed by atoms with van der Waals surface area (Å²) >= 11 is 0. The second-order valence-corrected chi connectivity index (χ2v) is 17.2. The summed E-state index contributed by atoms with van der Waals surface area (Å²) in [5.74, 6) is 0. The first-order chi connectivity index (χ1) is 32.2. The van der Waals surface area contributed by atoms with E-state index in [1.807, 2.05) is 6.07 Å². The number of fused-ring (bicyclic) bond motifs is 8. The number of rotatable bonds is 6. The van der Waals surface area contributed by atoms with Gasteiger partial charge in [-0.2, -0.15) is 0 Å². The fourth-order valence-corrected chi connectivity index (χ4v) is 10.8. The normalized spacial score (nSPS) is 12.7. The van der Waals surface area contributed by atoms with Gasteiger partial charge in [-0.1, -0.05) is 224 Å². The first kappa shape index (κ1) is 37.1. The molecule has 1 aliphatic rings. The minimum Gasteiger partial charge on any atom is -0.245 e. The van der Waals surface area contributed by atoms with Crippen LogP contribution >= 0.6 is 0 Å². The van der Waals surface area contributed by atoms with Crippen molar-refractivity contribution in [2.75, 3.05) is 0 Å². The smallest absolute Gasteiger partial charge is 0.0972 e. The molecule has 0 aliphatic heterocycles. The molecule has 0 unspecified atom stereocenters. The number of hydrogen-bond acceptors (Lipinski definition) is 2. The molecule has 0 spiro atoms. The molecule has 2 heteroatoms. The highest BCUT2D eigenvalue weighted by molar-refractivity contribution is 6.21. The maximum atomic E-state index is 5.48. The number of nitrogens with zero attached hydrogens (tertiary/aromatic N) is 2. The Balaban J connectivity index is 0.953. The molecule has 0 bridgehead atoms. The van der Waals surface area contributed by atoms with E-state index in [1.165, 1.54) is 77.2 Å². The van der Waals surface area contributed by atoms with Gasteiger partial charge in [0.05, 0.1) is 27.8 Å². The summed E-state index contributed by atoms with van der Waals surface area (Å²) in [4.78, 5) is 10.7. The van der Waals surface area contributed by atoms with E-state index in [0.29, 0.717) is 0 Å². The molecule has 12 aromatic rings. The van der Waals surface area contributed by atoms with Crippen LogP contribution in [0.5, 0.6) is 0 Å². The van der Waals surface area contributed by atoms with Crippen LogP contribution in [0.3, 0.4) is 0 Å². The zero-order valence-electron chi connectivity index (χ0n) is 35.5. The molecule has 2 heterocycles. The SMILES string of the molecule is c1ccc(-c2ccc3ccc4ccc(-c5c6ccccc6c(-c6ccc(-c7ccc8c(c7)C(c7ccccc7)(c7ccccc7)c7ccccc7-8)cc6)c6ccccc56)nc4c3n2)cc1. The van der Waals surface area contributed by atoms with Crippen molar-refractivity contribution >= 4 is 43.4 Å². The molecule has 0 fully saturated rings. The summed E-state index contributed by atoms with van der Waals surface area (Å²) in [6.45, 7) is 0. The maximum Gasteiger partial charge on any atom is 0.0972 e. The Labute approximate surface area is 377 Å². The molecule has 65 heavy (non-hydrogen) atoms. The van der Waals surface area contributed by atoms with Gasteiger partial charge >= 0.3 is 0 Å². The molecular weight excluding hydrogens is 785 g/mol. The third kappa shape index (κ3) is 5.74. The maximum absolute atomic E-state index is 5.48.